The number of benzene rings is 1. The molecule has 0 spiro atoms. The van der Waals surface area contributed by atoms with Crippen LogP contribution in [-0.2, 0) is 6.54 Å². The molecule has 3 aromatic rings. The van der Waals surface area contributed by atoms with E-state index in [4.69, 9.17) is 16.9 Å². The molecule has 148 valence electrons. The SMILES string of the molecule is C[C@@H](Cn1ccc(-c2cc(F)c(C#N)c(Cl)c2)n1)NC(=O)c1cnc(C2CC2)[nH]1. The first-order chi connectivity index (χ1) is 13.9. The standard InChI is InChI=1S/C20H18ClFN6O/c1-11(25-20(29)18-9-24-19(26-18)12-2-3-12)10-28-5-4-17(27-28)13-6-15(21)14(8-23)16(22)7-13/h4-7,9,11-12H,2-3,10H2,1H3,(H,24,26)(H,25,29)/t11-/m0/s1. The summed E-state index contributed by atoms with van der Waals surface area (Å²) in [6.45, 7) is 2.30. The van der Waals surface area contributed by atoms with Gasteiger partial charge < -0.3 is 10.3 Å². The largest absolute Gasteiger partial charge is 0.346 e. The lowest BCUT2D eigenvalue weighted by molar-refractivity contribution is 0.0931. The van der Waals surface area contributed by atoms with Crippen molar-refractivity contribution in [2.75, 3.05) is 0 Å². The van der Waals surface area contributed by atoms with Crippen LogP contribution in [0.25, 0.3) is 11.3 Å². The van der Waals surface area contributed by atoms with Crippen LogP contribution in [0, 0.1) is 17.1 Å². The summed E-state index contributed by atoms with van der Waals surface area (Å²) < 4.78 is 15.6. The molecule has 1 amide bonds. The summed E-state index contributed by atoms with van der Waals surface area (Å²) in [5, 5.41) is 16.3. The van der Waals surface area contributed by atoms with Crippen molar-refractivity contribution >= 4 is 17.5 Å². The highest BCUT2D eigenvalue weighted by Crippen LogP contribution is 2.38. The number of hydrogen-bond donors (Lipinski definition) is 2. The van der Waals surface area contributed by atoms with Crippen molar-refractivity contribution in [1.29, 1.82) is 5.26 Å². The van der Waals surface area contributed by atoms with Crippen molar-refractivity contribution in [2.45, 2.75) is 38.3 Å². The van der Waals surface area contributed by atoms with Crippen molar-refractivity contribution in [3.8, 4) is 17.3 Å². The van der Waals surface area contributed by atoms with Crippen molar-refractivity contribution in [3.63, 3.8) is 0 Å². The van der Waals surface area contributed by atoms with Crippen LogP contribution in [-0.4, -0.2) is 31.7 Å². The highest BCUT2D eigenvalue weighted by atomic mass is 35.5. The average molecular weight is 413 g/mol. The number of halogens is 2. The smallest absolute Gasteiger partial charge is 0.269 e. The fraction of sp³-hybridized carbons (Fsp3) is 0.300. The molecule has 1 atom stereocenters. The van der Waals surface area contributed by atoms with E-state index in [0.717, 1.165) is 18.7 Å². The van der Waals surface area contributed by atoms with Gasteiger partial charge in [-0.15, -0.1) is 0 Å². The molecular weight excluding hydrogens is 395 g/mol. The Kier molecular flexibility index (Phi) is 5.07. The Morgan fingerprint density at radius 1 is 1.52 bits per heavy atom. The Morgan fingerprint density at radius 3 is 3.00 bits per heavy atom. The highest BCUT2D eigenvalue weighted by Gasteiger charge is 2.27. The van der Waals surface area contributed by atoms with E-state index >= 15 is 0 Å². The van der Waals surface area contributed by atoms with Crippen LogP contribution in [0.2, 0.25) is 5.02 Å². The second-order valence-corrected chi connectivity index (χ2v) is 7.59. The van der Waals surface area contributed by atoms with Gasteiger partial charge in [0.25, 0.3) is 5.91 Å². The first-order valence-corrected chi connectivity index (χ1v) is 9.61. The summed E-state index contributed by atoms with van der Waals surface area (Å²) >= 11 is 5.96. The third-order valence-corrected chi connectivity index (χ3v) is 5.03. The van der Waals surface area contributed by atoms with Crippen LogP contribution in [0.15, 0.2) is 30.6 Å². The van der Waals surface area contributed by atoms with Gasteiger partial charge in [-0.05, 0) is 38.0 Å². The molecule has 2 aromatic heterocycles. The molecule has 0 aliphatic heterocycles. The van der Waals surface area contributed by atoms with E-state index < -0.39 is 5.82 Å². The molecule has 2 heterocycles. The Hall–Kier alpha value is -3.18. The van der Waals surface area contributed by atoms with Crippen LogP contribution in [0.1, 0.15) is 47.6 Å². The van der Waals surface area contributed by atoms with E-state index in [-0.39, 0.29) is 22.5 Å². The monoisotopic (exact) mass is 412 g/mol. The molecule has 1 fully saturated rings. The molecule has 0 saturated heterocycles. The van der Waals surface area contributed by atoms with Crippen LogP contribution in [0.5, 0.6) is 0 Å². The van der Waals surface area contributed by atoms with Crippen molar-refractivity contribution < 1.29 is 9.18 Å². The zero-order valence-electron chi connectivity index (χ0n) is 15.6. The molecule has 1 saturated carbocycles. The quantitative estimate of drug-likeness (QED) is 0.645. The van der Waals surface area contributed by atoms with Gasteiger partial charge in [0.15, 0.2) is 0 Å². The maximum absolute atomic E-state index is 14.0. The molecule has 29 heavy (non-hydrogen) atoms. The third-order valence-electron chi connectivity index (χ3n) is 4.73. The van der Waals surface area contributed by atoms with Gasteiger partial charge in [0.2, 0.25) is 0 Å². The number of amides is 1. The molecular formula is C20H18ClFN6O. The highest BCUT2D eigenvalue weighted by molar-refractivity contribution is 6.32. The van der Waals surface area contributed by atoms with Crippen molar-refractivity contribution in [3.05, 3.63) is 58.5 Å². The summed E-state index contributed by atoms with van der Waals surface area (Å²) in [6, 6.07) is 6.02. The zero-order chi connectivity index (χ0) is 20.5. The number of H-pyrrole nitrogens is 1. The number of aromatic amines is 1. The topological polar surface area (TPSA) is 99.4 Å². The van der Waals surface area contributed by atoms with Crippen LogP contribution in [0.4, 0.5) is 4.39 Å². The fourth-order valence-corrected chi connectivity index (χ4v) is 3.34. The first kappa shape index (κ1) is 19.2. The van der Waals surface area contributed by atoms with Crippen molar-refractivity contribution in [1.82, 2.24) is 25.1 Å². The molecule has 0 unspecified atom stereocenters. The minimum atomic E-state index is -0.685. The molecule has 0 bridgehead atoms. The minimum absolute atomic E-state index is 0.0443. The maximum atomic E-state index is 14.0. The lowest BCUT2D eigenvalue weighted by Gasteiger charge is -2.13. The lowest BCUT2D eigenvalue weighted by atomic mass is 10.1. The summed E-state index contributed by atoms with van der Waals surface area (Å²) in [6.07, 6.45) is 5.52. The number of hydrogen-bond acceptors (Lipinski definition) is 4. The minimum Gasteiger partial charge on any atom is -0.346 e. The van der Waals surface area contributed by atoms with E-state index in [1.165, 1.54) is 12.1 Å². The van der Waals surface area contributed by atoms with Gasteiger partial charge in [-0.1, -0.05) is 11.6 Å². The number of nitrogens with one attached hydrogen (secondary N) is 2. The summed E-state index contributed by atoms with van der Waals surface area (Å²) in [5.41, 5.74) is 1.26. The molecule has 4 rings (SSSR count). The Balaban J connectivity index is 1.40. The molecule has 9 heteroatoms. The van der Waals surface area contributed by atoms with Gasteiger partial charge in [0, 0.05) is 23.7 Å². The van der Waals surface area contributed by atoms with E-state index in [2.05, 4.69) is 20.4 Å². The number of imidazole rings is 1. The number of carbonyl (C=O) groups is 1. The van der Waals surface area contributed by atoms with Gasteiger partial charge in [0.1, 0.15) is 29.0 Å². The predicted octanol–water partition coefficient (Wildman–Crippen LogP) is 3.63. The Labute approximate surface area is 171 Å². The van der Waals surface area contributed by atoms with Gasteiger partial charge in [0.05, 0.1) is 23.5 Å². The summed E-state index contributed by atoms with van der Waals surface area (Å²) in [4.78, 5) is 19.7. The maximum Gasteiger partial charge on any atom is 0.269 e. The second kappa shape index (κ2) is 7.68. The molecule has 2 N–H and O–H groups in total. The van der Waals surface area contributed by atoms with Gasteiger partial charge >= 0.3 is 0 Å². The predicted molar refractivity (Wildman–Crippen MR) is 105 cm³/mol. The van der Waals surface area contributed by atoms with Gasteiger partial charge in [-0.25, -0.2) is 9.37 Å². The molecule has 0 radical (unpaired) electrons. The van der Waals surface area contributed by atoms with Crippen LogP contribution < -0.4 is 5.32 Å². The molecule has 7 nitrogen and oxygen atoms in total. The normalized spacial score (nSPS) is 14.4. The zero-order valence-corrected chi connectivity index (χ0v) is 16.4. The number of rotatable bonds is 6. The van der Waals surface area contributed by atoms with Gasteiger partial charge in [-0.2, -0.15) is 10.4 Å². The Morgan fingerprint density at radius 2 is 2.31 bits per heavy atom. The number of nitriles is 1. The second-order valence-electron chi connectivity index (χ2n) is 7.18. The number of carbonyl (C=O) groups excluding carboxylic acids is 1. The van der Waals surface area contributed by atoms with E-state index in [9.17, 15) is 9.18 Å². The molecule has 1 aliphatic carbocycles. The molecule has 1 aliphatic rings. The van der Waals surface area contributed by atoms with Gasteiger partial charge in [-0.3, -0.25) is 9.48 Å². The van der Waals surface area contributed by atoms with E-state index in [0.29, 0.717) is 29.4 Å². The fourth-order valence-electron chi connectivity index (χ4n) is 3.09. The summed E-state index contributed by atoms with van der Waals surface area (Å²) in [5.74, 6) is 0.422. The van der Waals surface area contributed by atoms with Crippen LogP contribution in [0.3, 0.4) is 0 Å². The third kappa shape index (κ3) is 4.15. The van der Waals surface area contributed by atoms with Crippen molar-refractivity contribution in [2.24, 2.45) is 0 Å². The van der Waals surface area contributed by atoms with E-state index in [1.807, 2.05) is 6.92 Å². The van der Waals surface area contributed by atoms with E-state index in [1.54, 1.807) is 29.2 Å². The first-order valence-electron chi connectivity index (χ1n) is 9.23. The Bertz CT molecular complexity index is 1090. The lowest BCUT2D eigenvalue weighted by Crippen LogP contribution is -2.36. The number of aromatic nitrogens is 4. The summed E-state index contributed by atoms with van der Waals surface area (Å²) in [7, 11) is 0. The molecule has 1 aromatic carbocycles. The number of nitrogens with zero attached hydrogens (tertiary/aromatic N) is 4. The average Bonchev–Trinajstić information content (AvgIpc) is 3.22. The van der Waals surface area contributed by atoms with Crippen LogP contribution >= 0.6 is 11.6 Å².